The second-order valence-corrected chi connectivity index (χ2v) is 6.93. The molecule has 0 unspecified atom stereocenters. The summed E-state index contributed by atoms with van der Waals surface area (Å²) in [5.74, 6) is -0.250. The van der Waals surface area contributed by atoms with Crippen LogP contribution in [0.2, 0.25) is 0 Å². The maximum absolute atomic E-state index is 13.2. The van der Waals surface area contributed by atoms with Crippen molar-refractivity contribution in [3.05, 3.63) is 106 Å². The summed E-state index contributed by atoms with van der Waals surface area (Å²) in [6, 6.07) is 20.6. The van der Waals surface area contributed by atoms with Crippen LogP contribution in [0, 0.1) is 6.92 Å². The van der Waals surface area contributed by atoms with Gasteiger partial charge in [-0.15, -0.1) is 0 Å². The SMILES string of the molecule is Bc1ccccc1C(=O)c1cn(Cc2cccc(C)n2)c2ccccc2c1=O. The van der Waals surface area contributed by atoms with Gasteiger partial charge in [0, 0.05) is 22.8 Å². The van der Waals surface area contributed by atoms with Crippen LogP contribution >= 0.6 is 0 Å². The predicted octanol–water partition coefficient (Wildman–Crippen LogP) is 2.24. The van der Waals surface area contributed by atoms with Gasteiger partial charge in [0.15, 0.2) is 5.78 Å². The van der Waals surface area contributed by atoms with Crippen LogP contribution in [0.25, 0.3) is 10.9 Å². The molecule has 4 nitrogen and oxygen atoms in total. The Morgan fingerprint density at radius 2 is 1.71 bits per heavy atom. The van der Waals surface area contributed by atoms with E-state index in [4.69, 9.17) is 0 Å². The highest BCUT2D eigenvalue weighted by Gasteiger charge is 2.18. The Balaban J connectivity index is 1.91. The van der Waals surface area contributed by atoms with E-state index in [0.717, 1.165) is 22.4 Å². The molecule has 136 valence electrons. The lowest BCUT2D eigenvalue weighted by molar-refractivity contribution is 0.103. The first kappa shape index (κ1) is 17.9. The first-order valence-corrected chi connectivity index (χ1v) is 9.19. The minimum absolute atomic E-state index is 0.181. The number of carbonyl (C=O) groups is 1. The Morgan fingerprint density at radius 1 is 0.964 bits per heavy atom. The van der Waals surface area contributed by atoms with E-state index in [1.165, 1.54) is 0 Å². The molecule has 0 amide bonds. The molecule has 0 aliphatic rings. The highest BCUT2D eigenvalue weighted by atomic mass is 16.1. The zero-order valence-electron chi connectivity index (χ0n) is 15.8. The van der Waals surface area contributed by atoms with Crippen LogP contribution in [-0.4, -0.2) is 23.2 Å². The van der Waals surface area contributed by atoms with Gasteiger partial charge in [0.25, 0.3) is 0 Å². The fraction of sp³-hybridized carbons (Fsp3) is 0.0870. The number of ketones is 1. The highest BCUT2D eigenvalue weighted by molar-refractivity contribution is 6.37. The molecule has 2 aromatic carbocycles. The van der Waals surface area contributed by atoms with Gasteiger partial charge in [-0.2, -0.15) is 0 Å². The van der Waals surface area contributed by atoms with Crippen molar-refractivity contribution in [1.82, 2.24) is 9.55 Å². The average Bonchev–Trinajstić information content (AvgIpc) is 2.70. The maximum Gasteiger partial charge on any atom is 0.200 e. The topological polar surface area (TPSA) is 52.0 Å². The molecule has 0 bridgehead atoms. The molecule has 0 saturated heterocycles. The molecule has 4 aromatic rings. The van der Waals surface area contributed by atoms with E-state index in [2.05, 4.69) is 4.98 Å². The molecule has 0 radical (unpaired) electrons. The third-order valence-corrected chi connectivity index (χ3v) is 4.90. The number of rotatable bonds is 4. The number of para-hydroxylation sites is 1. The monoisotopic (exact) mass is 366 g/mol. The molecule has 28 heavy (non-hydrogen) atoms. The van der Waals surface area contributed by atoms with E-state index in [-0.39, 0.29) is 16.8 Å². The number of aromatic nitrogens is 2. The van der Waals surface area contributed by atoms with Crippen molar-refractivity contribution in [2.75, 3.05) is 0 Å². The summed E-state index contributed by atoms with van der Waals surface area (Å²) in [7, 11) is 1.88. The van der Waals surface area contributed by atoms with Crippen LogP contribution < -0.4 is 10.9 Å². The number of carbonyl (C=O) groups excluding carboxylic acids is 1. The van der Waals surface area contributed by atoms with Gasteiger partial charge in [0.05, 0.1) is 23.3 Å². The molecular formula is C23H19BN2O2. The molecule has 2 aromatic heterocycles. The van der Waals surface area contributed by atoms with Gasteiger partial charge in [-0.1, -0.05) is 47.9 Å². The maximum atomic E-state index is 13.2. The van der Waals surface area contributed by atoms with Crippen molar-refractivity contribution >= 4 is 30.0 Å². The summed E-state index contributed by atoms with van der Waals surface area (Å²) in [5, 5.41) is 0.537. The Hall–Kier alpha value is -3.47. The van der Waals surface area contributed by atoms with Gasteiger partial charge in [-0.3, -0.25) is 14.6 Å². The van der Waals surface area contributed by atoms with E-state index in [1.807, 2.05) is 73.9 Å². The molecule has 0 aliphatic heterocycles. The minimum Gasteiger partial charge on any atom is -0.340 e. The Morgan fingerprint density at radius 3 is 2.50 bits per heavy atom. The number of fused-ring (bicyclic) bond motifs is 1. The zero-order valence-corrected chi connectivity index (χ0v) is 15.8. The molecule has 0 aliphatic carbocycles. The normalized spacial score (nSPS) is 10.9. The molecule has 0 atom stereocenters. The van der Waals surface area contributed by atoms with Crippen molar-refractivity contribution in [1.29, 1.82) is 0 Å². The van der Waals surface area contributed by atoms with Crippen molar-refractivity contribution < 1.29 is 4.79 Å². The molecule has 0 spiro atoms. The van der Waals surface area contributed by atoms with Crippen LogP contribution in [0.15, 0.2) is 77.7 Å². The van der Waals surface area contributed by atoms with E-state index in [0.29, 0.717) is 17.5 Å². The average molecular weight is 366 g/mol. The zero-order chi connectivity index (χ0) is 19.7. The Kier molecular flexibility index (Phi) is 4.66. The molecule has 0 N–H and O–H groups in total. The van der Waals surface area contributed by atoms with Gasteiger partial charge in [-0.05, 0) is 31.2 Å². The van der Waals surface area contributed by atoms with Gasteiger partial charge < -0.3 is 4.57 Å². The summed E-state index contributed by atoms with van der Waals surface area (Å²) in [6.07, 6.45) is 1.67. The lowest BCUT2D eigenvalue weighted by Gasteiger charge is -2.14. The van der Waals surface area contributed by atoms with E-state index in [1.54, 1.807) is 18.3 Å². The first-order valence-electron chi connectivity index (χ1n) is 9.19. The highest BCUT2D eigenvalue weighted by Crippen LogP contribution is 2.15. The van der Waals surface area contributed by atoms with Crippen LogP contribution in [0.1, 0.15) is 27.3 Å². The van der Waals surface area contributed by atoms with Gasteiger partial charge >= 0.3 is 0 Å². The summed E-state index contributed by atoms with van der Waals surface area (Å²) in [4.78, 5) is 30.8. The summed E-state index contributed by atoms with van der Waals surface area (Å²) in [5.41, 5.74) is 3.94. The molecule has 0 saturated carbocycles. The molecule has 2 heterocycles. The minimum atomic E-state index is -0.250. The molecular weight excluding hydrogens is 347 g/mol. The third-order valence-electron chi connectivity index (χ3n) is 4.90. The quantitative estimate of drug-likeness (QED) is 0.411. The fourth-order valence-electron chi connectivity index (χ4n) is 3.47. The van der Waals surface area contributed by atoms with Crippen LogP contribution in [0.3, 0.4) is 0 Å². The second-order valence-electron chi connectivity index (χ2n) is 6.93. The number of hydrogen-bond acceptors (Lipinski definition) is 3. The van der Waals surface area contributed by atoms with E-state index in [9.17, 15) is 9.59 Å². The van der Waals surface area contributed by atoms with Gasteiger partial charge in [0.2, 0.25) is 5.43 Å². The van der Waals surface area contributed by atoms with Crippen LogP contribution in [0.4, 0.5) is 0 Å². The van der Waals surface area contributed by atoms with E-state index < -0.39 is 0 Å². The lowest BCUT2D eigenvalue weighted by atomic mass is 9.87. The fourth-order valence-corrected chi connectivity index (χ4v) is 3.47. The van der Waals surface area contributed by atoms with Crippen LogP contribution in [0.5, 0.6) is 0 Å². The number of hydrogen-bond donors (Lipinski definition) is 0. The molecule has 0 fully saturated rings. The number of aryl methyl sites for hydroxylation is 1. The molecule has 5 heteroatoms. The van der Waals surface area contributed by atoms with Crippen molar-refractivity contribution in [3.63, 3.8) is 0 Å². The summed E-state index contributed by atoms with van der Waals surface area (Å²) in [6.45, 7) is 2.43. The third kappa shape index (κ3) is 3.27. The van der Waals surface area contributed by atoms with Crippen LogP contribution in [-0.2, 0) is 6.54 Å². The van der Waals surface area contributed by atoms with Crippen molar-refractivity contribution in [2.45, 2.75) is 13.5 Å². The number of benzene rings is 2. The smallest absolute Gasteiger partial charge is 0.200 e. The molecule has 4 rings (SSSR count). The first-order chi connectivity index (χ1) is 13.5. The lowest BCUT2D eigenvalue weighted by Crippen LogP contribution is -2.24. The van der Waals surface area contributed by atoms with E-state index >= 15 is 0 Å². The van der Waals surface area contributed by atoms with Crippen molar-refractivity contribution in [3.8, 4) is 0 Å². The largest absolute Gasteiger partial charge is 0.340 e. The summed E-state index contributed by atoms with van der Waals surface area (Å²) < 4.78 is 1.93. The number of pyridine rings is 2. The second kappa shape index (κ2) is 7.27. The Bertz CT molecular complexity index is 1260. The van der Waals surface area contributed by atoms with Gasteiger partial charge in [-0.25, -0.2) is 0 Å². The van der Waals surface area contributed by atoms with Crippen molar-refractivity contribution in [2.24, 2.45) is 0 Å². The summed E-state index contributed by atoms with van der Waals surface area (Å²) >= 11 is 0. The van der Waals surface area contributed by atoms with Gasteiger partial charge in [0.1, 0.15) is 7.85 Å². The Labute approximate surface area is 163 Å². The predicted molar refractivity (Wildman–Crippen MR) is 114 cm³/mol. The standard InChI is InChI=1S/C23H19BN2O2/c1-15-7-6-8-16(25-15)13-26-14-19(22(27)17-9-2-4-11-20(17)24)23(28)18-10-3-5-12-21(18)26/h2-12,14H,13,24H2,1H3. The number of nitrogens with zero attached hydrogens (tertiary/aromatic N) is 2.